The first-order valence-electron chi connectivity index (χ1n) is 14.3. The molecule has 0 atom stereocenters. The first-order chi connectivity index (χ1) is 20.0. The van der Waals surface area contributed by atoms with Crippen LogP contribution in [0.15, 0.2) is 104 Å². The van der Waals surface area contributed by atoms with E-state index in [1.165, 1.54) is 32.1 Å². The molecular weight excluding hydrogens is 504 g/mol. The van der Waals surface area contributed by atoms with Crippen molar-refractivity contribution in [3.8, 4) is 11.4 Å². The van der Waals surface area contributed by atoms with Gasteiger partial charge in [0.25, 0.3) is 0 Å². The zero-order chi connectivity index (χ0) is 28.8. The largest absolute Gasteiger partial charge is 0.359 e. The minimum Gasteiger partial charge on any atom is -0.359 e. The average Bonchev–Trinajstić information content (AvgIpc) is 3.61. The summed E-state index contributed by atoms with van der Waals surface area (Å²) in [7, 11) is 0. The molecule has 5 rings (SSSR count). The second-order valence-corrected chi connectivity index (χ2v) is 10.5. The van der Waals surface area contributed by atoms with Gasteiger partial charge in [0.2, 0.25) is 0 Å². The number of hydrogen-bond donors (Lipinski definition) is 3. The Balaban J connectivity index is 1.47. The van der Waals surface area contributed by atoms with Crippen LogP contribution in [0.5, 0.6) is 0 Å². The van der Waals surface area contributed by atoms with E-state index in [2.05, 4.69) is 81.4 Å². The molecule has 208 valence electrons. The van der Waals surface area contributed by atoms with Gasteiger partial charge in [-0.3, -0.25) is 10.1 Å². The summed E-state index contributed by atoms with van der Waals surface area (Å²) >= 11 is 0. The van der Waals surface area contributed by atoms with Crippen LogP contribution in [0.2, 0.25) is 0 Å². The zero-order valence-corrected chi connectivity index (χ0v) is 24.0. The van der Waals surface area contributed by atoms with Crippen molar-refractivity contribution >= 4 is 22.2 Å². The molecule has 4 aromatic rings. The predicted octanol–water partition coefficient (Wildman–Crippen LogP) is 8.43. The smallest absolute Gasteiger partial charge is 0.181 e. The average molecular weight is 543 g/mol. The van der Waals surface area contributed by atoms with Gasteiger partial charge in [-0.1, -0.05) is 57.2 Å². The fraction of sp³-hybridized carbons (Fsp3) is 0.229. The van der Waals surface area contributed by atoms with Gasteiger partial charge in [-0.25, -0.2) is 4.98 Å². The van der Waals surface area contributed by atoms with Crippen molar-refractivity contribution in [2.45, 2.75) is 46.0 Å². The SMILES string of the molecule is C=C/C=C(/c1ccncc1)c1cc(-c2[nH]nc3ncc(C(/C=C(\C=C)NC(=C)C4CCCCC4)=C/C)cc23)[nH]c1C. The highest BCUT2D eigenvalue weighted by molar-refractivity contribution is 5.94. The molecule has 1 aliphatic carbocycles. The van der Waals surface area contributed by atoms with E-state index in [1.54, 1.807) is 12.4 Å². The van der Waals surface area contributed by atoms with E-state index >= 15 is 0 Å². The Hall–Kier alpha value is -4.71. The third-order valence-electron chi connectivity index (χ3n) is 7.84. The molecular formula is C35H38N6. The number of aromatic nitrogens is 5. The van der Waals surface area contributed by atoms with E-state index in [4.69, 9.17) is 0 Å². The topological polar surface area (TPSA) is 82.3 Å². The number of aromatic amines is 2. The number of H-pyrrole nitrogens is 2. The van der Waals surface area contributed by atoms with Gasteiger partial charge in [-0.2, -0.15) is 5.10 Å². The van der Waals surface area contributed by atoms with Crippen molar-refractivity contribution in [3.63, 3.8) is 0 Å². The van der Waals surface area contributed by atoms with Crippen molar-refractivity contribution in [1.82, 2.24) is 30.5 Å². The van der Waals surface area contributed by atoms with Crippen LogP contribution in [0.1, 0.15) is 61.4 Å². The standard InChI is InChI=1S/C35H38N6/c1-6-12-30(27-15-17-36-18-16-27)31-21-33(39-24(31)5)34-32-20-28(22-37-35(32)41-40-34)25(7-2)19-29(8-3)38-23(4)26-13-10-9-11-14-26/h6-8,12,15-22,26,38-39H,1,3-4,9-11,13-14H2,2,5H3,(H,37,40,41)/b25-7+,29-19+,30-12-. The first-order valence-corrected chi connectivity index (χ1v) is 14.3. The van der Waals surface area contributed by atoms with E-state index in [9.17, 15) is 0 Å². The normalized spacial score (nSPS) is 15.2. The molecule has 0 aliphatic heterocycles. The molecule has 1 fully saturated rings. The molecule has 6 heteroatoms. The van der Waals surface area contributed by atoms with Gasteiger partial charge >= 0.3 is 0 Å². The van der Waals surface area contributed by atoms with Crippen LogP contribution in [0.3, 0.4) is 0 Å². The first kappa shape index (κ1) is 27.8. The van der Waals surface area contributed by atoms with Gasteiger partial charge in [0.15, 0.2) is 5.65 Å². The highest BCUT2D eigenvalue weighted by atomic mass is 15.2. The summed E-state index contributed by atoms with van der Waals surface area (Å²) in [4.78, 5) is 12.4. The van der Waals surface area contributed by atoms with Gasteiger partial charge in [0, 0.05) is 52.2 Å². The van der Waals surface area contributed by atoms with Crippen LogP contribution in [0.4, 0.5) is 0 Å². The molecule has 6 nitrogen and oxygen atoms in total. The molecule has 0 unspecified atom stereocenters. The monoisotopic (exact) mass is 542 g/mol. The fourth-order valence-electron chi connectivity index (χ4n) is 5.61. The maximum absolute atomic E-state index is 4.68. The van der Waals surface area contributed by atoms with Gasteiger partial charge in [0.05, 0.1) is 11.4 Å². The number of pyridine rings is 2. The lowest BCUT2D eigenvalue weighted by Gasteiger charge is -2.25. The van der Waals surface area contributed by atoms with E-state index in [-0.39, 0.29) is 0 Å². The van der Waals surface area contributed by atoms with Crippen LogP contribution in [0, 0.1) is 12.8 Å². The van der Waals surface area contributed by atoms with Crippen molar-refractivity contribution in [2.75, 3.05) is 0 Å². The van der Waals surface area contributed by atoms with E-state index < -0.39 is 0 Å². The number of aryl methyl sites for hydroxylation is 1. The van der Waals surface area contributed by atoms with Crippen LogP contribution in [-0.2, 0) is 0 Å². The Labute approximate surface area is 242 Å². The number of nitrogens with zero attached hydrogens (tertiary/aromatic N) is 3. The van der Waals surface area contributed by atoms with Gasteiger partial charge in [0.1, 0.15) is 0 Å². The van der Waals surface area contributed by atoms with Gasteiger partial charge < -0.3 is 10.3 Å². The molecule has 3 N–H and O–H groups in total. The summed E-state index contributed by atoms with van der Waals surface area (Å²) in [5.74, 6) is 0.516. The third kappa shape index (κ3) is 6.07. The lowest BCUT2D eigenvalue weighted by Crippen LogP contribution is -2.20. The summed E-state index contributed by atoms with van der Waals surface area (Å²) in [6.07, 6.45) is 21.6. The minimum atomic E-state index is 0.516. The maximum atomic E-state index is 4.68. The van der Waals surface area contributed by atoms with Crippen molar-refractivity contribution in [2.24, 2.45) is 5.92 Å². The highest BCUT2D eigenvalue weighted by Crippen LogP contribution is 2.34. The molecule has 0 amide bonds. The van der Waals surface area contributed by atoms with Crippen LogP contribution >= 0.6 is 0 Å². The fourth-order valence-corrected chi connectivity index (χ4v) is 5.61. The van der Waals surface area contributed by atoms with E-state index in [0.29, 0.717) is 11.6 Å². The molecule has 4 aromatic heterocycles. The second kappa shape index (κ2) is 12.6. The Kier molecular flexibility index (Phi) is 8.59. The Bertz CT molecular complexity index is 1660. The summed E-state index contributed by atoms with van der Waals surface area (Å²) < 4.78 is 0. The maximum Gasteiger partial charge on any atom is 0.181 e. The molecule has 0 aromatic carbocycles. The van der Waals surface area contributed by atoms with Crippen molar-refractivity contribution < 1.29 is 0 Å². The highest BCUT2D eigenvalue weighted by Gasteiger charge is 2.18. The lowest BCUT2D eigenvalue weighted by atomic mass is 9.87. The summed E-state index contributed by atoms with van der Waals surface area (Å²) in [5.41, 5.74) is 10.8. The molecule has 0 bridgehead atoms. The molecule has 1 aliphatic rings. The Morgan fingerprint density at radius 1 is 1.07 bits per heavy atom. The molecule has 41 heavy (non-hydrogen) atoms. The van der Waals surface area contributed by atoms with Crippen LogP contribution in [-0.4, -0.2) is 25.1 Å². The quantitative estimate of drug-likeness (QED) is 0.176. The predicted molar refractivity (Wildman–Crippen MR) is 171 cm³/mol. The molecule has 1 saturated carbocycles. The third-order valence-corrected chi connectivity index (χ3v) is 7.84. The van der Waals surface area contributed by atoms with Crippen molar-refractivity contribution in [1.29, 1.82) is 0 Å². The van der Waals surface area contributed by atoms with Gasteiger partial charge in [-0.05, 0) is 85.7 Å². The molecule has 0 saturated heterocycles. The van der Waals surface area contributed by atoms with Gasteiger partial charge in [-0.15, -0.1) is 0 Å². The summed E-state index contributed by atoms with van der Waals surface area (Å²) in [6.45, 7) is 16.4. The number of allylic oxidation sites excluding steroid dienone is 7. The van der Waals surface area contributed by atoms with E-state index in [1.807, 2.05) is 43.5 Å². The number of hydrogen-bond acceptors (Lipinski definition) is 4. The lowest BCUT2D eigenvalue weighted by molar-refractivity contribution is 0.393. The van der Waals surface area contributed by atoms with E-state index in [0.717, 1.165) is 61.7 Å². The summed E-state index contributed by atoms with van der Waals surface area (Å²) in [6, 6.07) is 8.30. The van der Waals surface area contributed by atoms with Crippen LogP contribution in [0.25, 0.3) is 33.6 Å². The summed E-state index contributed by atoms with van der Waals surface area (Å²) in [5, 5.41) is 12.2. The molecule has 4 heterocycles. The minimum absolute atomic E-state index is 0.516. The number of fused-ring (bicyclic) bond motifs is 1. The van der Waals surface area contributed by atoms with Crippen LogP contribution < -0.4 is 5.32 Å². The Morgan fingerprint density at radius 2 is 1.85 bits per heavy atom. The number of rotatable bonds is 10. The Morgan fingerprint density at radius 3 is 2.56 bits per heavy atom. The second-order valence-electron chi connectivity index (χ2n) is 10.5. The molecule has 0 spiro atoms. The number of nitrogens with one attached hydrogen (secondary N) is 3. The van der Waals surface area contributed by atoms with Crippen molar-refractivity contribution in [3.05, 3.63) is 127 Å². The molecule has 0 radical (unpaired) electrons. The zero-order valence-electron chi connectivity index (χ0n) is 24.0.